The summed E-state index contributed by atoms with van der Waals surface area (Å²) in [7, 11) is -10.2. The van der Waals surface area contributed by atoms with Gasteiger partial charge in [0.15, 0.2) is 0 Å². The first-order valence-electron chi connectivity index (χ1n) is 9.86. The minimum atomic E-state index is -9.74. The largest absolute Gasteiger partial charge is 0.382 e. The zero-order valence-electron chi connectivity index (χ0n) is 18.4. The van der Waals surface area contributed by atoms with Gasteiger partial charge < -0.3 is 10.6 Å². The number of benzene rings is 2. The number of rotatable bonds is 7. The van der Waals surface area contributed by atoms with Crippen LogP contribution < -0.4 is 15.9 Å². The summed E-state index contributed by atoms with van der Waals surface area (Å²) >= 11 is 0. The van der Waals surface area contributed by atoms with Gasteiger partial charge in [0, 0.05) is 23.7 Å². The second kappa shape index (κ2) is 7.70. The molecule has 0 aliphatic rings. The van der Waals surface area contributed by atoms with E-state index in [-0.39, 0.29) is 18.2 Å². The molecule has 0 aliphatic heterocycles. The van der Waals surface area contributed by atoms with Crippen LogP contribution >= 0.6 is 18.1 Å². The van der Waals surface area contributed by atoms with Crippen LogP contribution in [0.5, 0.6) is 0 Å². The quantitative estimate of drug-likeness (QED) is 0.267. The van der Waals surface area contributed by atoms with Crippen molar-refractivity contribution in [2.45, 2.75) is 38.3 Å². The van der Waals surface area contributed by atoms with Crippen LogP contribution in [0.3, 0.4) is 0 Å². The van der Waals surface area contributed by atoms with Crippen molar-refractivity contribution in [1.29, 1.82) is 0 Å². The molecule has 1 heterocycles. The van der Waals surface area contributed by atoms with Gasteiger partial charge in [-0.3, -0.25) is 0 Å². The lowest BCUT2D eigenvalue weighted by molar-refractivity contribution is 0.364. The molecular formula is C21H26F5N4PS. The Kier molecular flexibility index (Phi) is 5.88. The summed E-state index contributed by atoms with van der Waals surface area (Å²) in [4.78, 5) is 7.00. The summed E-state index contributed by atoms with van der Waals surface area (Å²) < 4.78 is 65.8. The third-order valence-corrected chi connectivity index (χ3v) is 7.13. The maximum Gasteiger partial charge on any atom is 0.310 e. The minimum absolute atomic E-state index is 0.0757. The number of anilines is 2. The number of nitrogens with one attached hydrogen (secondary N) is 2. The molecule has 0 unspecified atom stereocenters. The molecule has 0 atom stereocenters. The third-order valence-electron chi connectivity index (χ3n) is 4.65. The van der Waals surface area contributed by atoms with Crippen molar-refractivity contribution in [3.05, 3.63) is 47.8 Å². The van der Waals surface area contributed by atoms with Crippen molar-refractivity contribution >= 4 is 45.9 Å². The summed E-state index contributed by atoms with van der Waals surface area (Å²) in [5, 5.41) is 8.28. The fourth-order valence-electron chi connectivity index (χ4n) is 3.29. The molecule has 2 aromatic carbocycles. The molecule has 0 spiro atoms. The standard InChI is InChI=1S/C21H26F5N4PS/c1-13(2)28-19-11-18-17(10-20(19)31(4)5)21(30-14(3)29-18)27-12-15-7-6-8-16(9-15)32(22,23,24,25)26/h6-11,13,28H,12H2,1-5H3,(H,27,29,30). The van der Waals surface area contributed by atoms with Crippen LogP contribution in [-0.2, 0) is 6.54 Å². The van der Waals surface area contributed by atoms with Crippen LogP contribution in [0.2, 0.25) is 0 Å². The Hall–Kier alpha value is -2.19. The first-order chi connectivity index (χ1) is 14.5. The molecule has 32 heavy (non-hydrogen) atoms. The zero-order valence-corrected chi connectivity index (χ0v) is 20.1. The van der Waals surface area contributed by atoms with Crippen LogP contribution in [0.15, 0.2) is 41.3 Å². The predicted octanol–water partition coefficient (Wildman–Crippen LogP) is 7.39. The van der Waals surface area contributed by atoms with Gasteiger partial charge in [-0.1, -0.05) is 39.5 Å². The Morgan fingerprint density at radius 1 is 1.00 bits per heavy atom. The molecular weight excluding hydrogens is 466 g/mol. The summed E-state index contributed by atoms with van der Waals surface area (Å²) in [6.45, 7) is 9.95. The lowest BCUT2D eigenvalue weighted by Crippen LogP contribution is -2.17. The Labute approximate surface area is 185 Å². The predicted molar refractivity (Wildman–Crippen MR) is 127 cm³/mol. The highest BCUT2D eigenvalue weighted by Gasteiger charge is 2.65. The molecule has 3 aromatic rings. The Balaban J connectivity index is 2.01. The van der Waals surface area contributed by atoms with Gasteiger partial charge in [-0.05, 0) is 69.2 Å². The summed E-state index contributed by atoms with van der Waals surface area (Å²) in [5.74, 6) is 0.929. The smallest absolute Gasteiger partial charge is 0.310 e. The average Bonchev–Trinajstić information content (AvgIpc) is 2.63. The average molecular weight is 492 g/mol. The maximum absolute atomic E-state index is 13.2. The van der Waals surface area contributed by atoms with Gasteiger partial charge in [0.05, 0.1) is 5.52 Å². The van der Waals surface area contributed by atoms with E-state index in [9.17, 15) is 19.4 Å². The van der Waals surface area contributed by atoms with Crippen LogP contribution in [-0.4, -0.2) is 29.3 Å². The first-order valence-corrected chi connectivity index (χ1v) is 14.1. The van der Waals surface area contributed by atoms with Gasteiger partial charge >= 0.3 is 10.2 Å². The molecule has 0 amide bonds. The van der Waals surface area contributed by atoms with Crippen molar-refractivity contribution in [3.63, 3.8) is 0 Å². The summed E-state index contributed by atoms with van der Waals surface area (Å²) in [6, 6.07) is 7.39. The SMILES string of the molecule is Cc1nc(NCc2cccc(S(F)(F)(F)(F)F)c2)c2cc(P(C)C)c(NC(C)C)cc2n1. The number of hydrogen-bond acceptors (Lipinski definition) is 4. The normalized spacial score (nSPS) is 14.5. The van der Waals surface area contributed by atoms with E-state index >= 15 is 0 Å². The van der Waals surface area contributed by atoms with E-state index in [0.29, 0.717) is 29.3 Å². The molecule has 1 aromatic heterocycles. The highest BCUT2D eigenvalue weighted by Crippen LogP contribution is 3.02. The minimum Gasteiger partial charge on any atom is -0.382 e. The molecule has 0 radical (unpaired) electrons. The summed E-state index contributed by atoms with van der Waals surface area (Å²) in [6.07, 6.45) is 0. The lowest BCUT2D eigenvalue weighted by Gasteiger charge is -2.40. The van der Waals surface area contributed by atoms with Crippen molar-refractivity contribution < 1.29 is 19.4 Å². The molecule has 4 nitrogen and oxygen atoms in total. The second-order valence-electron chi connectivity index (χ2n) is 8.17. The number of hydrogen-bond donors (Lipinski definition) is 2. The maximum atomic E-state index is 13.2. The molecule has 0 saturated heterocycles. The highest BCUT2D eigenvalue weighted by atomic mass is 32.5. The number of aryl methyl sites for hydroxylation is 1. The Morgan fingerprint density at radius 2 is 1.69 bits per heavy atom. The van der Waals surface area contributed by atoms with Gasteiger partial charge in [-0.25, -0.2) is 9.97 Å². The van der Waals surface area contributed by atoms with Crippen LogP contribution in [0.1, 0.15) is 25.2 Å². The Bertz CT molecular complexity index is 1170. The molecule has 176 valence electrons. The first kappa shape index (κ1) is 24.5. The fourth-order valence-corrected chi connectivity index (χ4v) is 5.00. The molecule has 2 N–H and O–H groups in total. The van der Waals surface area contributed by atoms with Crippen molar-refractivity contribution in [2.24, 2.45) is 0 Å². The monoisotopic (exact) mass is 492 g/mol. The van der Waals surface area contributed by atoms with Gasteiger partial charge in [-0.2, -0.15) is 0 Å². The van der Waals surface area contributed by atoms with E-state index in [0.717, 1.165) is 22.4 Å². The number of fused-ring (bicyclic) bond motifs is 1. The van der Waals surface area contributed by atoms with Crippen LogP contribution in [0.4, 0.5) is 30.9 Å². The topological polar surface area (TPSA) is 49.8 Å². The van der Waals surface area contributed by atoms with E-state index in [1.54, 1.807) is 6.92 Å². The van der Waals surface area contributed by atoms with Gasteiger partial charge in [0.2, 0.25) is 0 Å². The molecule has 0 aliphatic carbocycles. The van der Waals surface area contributed by atoms with Crippen LogP contribution in [0, 0.1) is 6.92 Å². The van der Waals surface area contributed by atoms with E-state index in [1.807, 2.05) is 26.0 Å². The molecule has 11 heteroatoms. The van der Waals surface area contributed by atoms with E-state index in [1.165, 1.54) is 6.07 Å². The van der Waals surface area contributed by atoms with E-state index in [4.69, 9.17) is 0 Å². The zero-order chi connectivity index (χ0) is 24.0. The van der Waals surface area contributed by atoms with Crippen LogP contribution in [0.25, 0.3) is 10.9 Å². The number of halogens is 5. The summed E-state index contributed by atoms with van der Waals surface area (Å²) in [5.41, 5.74) is 1.74. The van der Waals surface area contributed by atoms with Gasteiger partial charge in [0.1, 0.15) is 16.5 Å². The second-order valence-corrected chi connectivity index (χ2v) is 12.8. The highest BCUT2D eigenvalue weighted by molar-refractivity contribution is 8.45. The number of nitrogens with zero attached hydrogens (tertiary/aromatic N) is 2. The molecule has 3 rings (SSSR count). The molecule has 0 fully saturated rings. The van der Waals surface area contributed by atoms with Crippen molar-refractivity contribution in [3.8, 4) is 0 Å². The van der Waals surface area contributed by atoms with Crippen molar-refractivity contribution in [2.75, 3.05) is 24.0 Å². The van der Waals surface area contributed by atoms with E-state index < -0.39 is 23.0 Å². The van der Waals surface area contributed by atoms with Gasteiger partial charge in [-0.15, -0.1) is 0 Å². The molecule has 0 saturated carbocycles. The van der Waals surface area contributed by atoms with E-state index in [2.05, 4.69) is 33.9 Å². The lowest BCUT2D eigenvalue weighted by atomic mass is 10.1. The molecule has 0 bridgehead atoms. The third kappa shape index (κ3) is 5.78. The Morgan fingerprint density at radius 3 is 2.28 bits per heavy atom. The van der Waals surface area contributed by atoms with Gasteiger partial charge in [0.25, 0.3) is 0 Å². The number of aromatic nitrogens is 2. The van der Waals surface area contributed by atoms with Crippen molar-refractivity contribution in [1.82, 2.24) is 9.97 Å². The fraction of sp³-hybridized carbons (Fsp3) is 0.333.